The van der Waals surface area contributed by atoms with E-state index in [0.717, 1.165) is 49.0 Å². The van der Waals surface area contributed by atoms with Gasteiger partial charge in [0.15, 0.2) is 0 Å². The Balaban J connectivity index is 1.54. The Labute approximate surface area is 158 Å². The molecule has 6 nitrogen and oxygen atoms in total. The van der Waals surface area contributed by atoms with E-state index in [4.69, 9.17) is 5.73 Å². The predicted octanol–water partition coefficient (Wildman–Crippen LogP) is 2.72. The zero-order valence-corrected chi connectivity index (χ0v) is 15.3. The smallest absolute Gasteiger partial charge is 0.292 e. The van der Waals surface area contributed by atoms with Gasteiger partial charge in [-0.25, -0.2) is 4.68 Å². The molecule has 1 atom stereocenters. The second-order valence-corrected chi connectivity index (χ2v) is 7.25. The van der Waals surface area contributed by atoms with Gasteiger partial charge >= 0.3 is 0 Å². The van der Waals surface area contributed by atoms with E-state index >= 15 is 0 Å². The molecular weight excluding hydrogens is 340 g/mol. The van der Waals surface area contributed by atoms with Crippen molar-refractivity contribution < 1.29 is 9.59 Å². The van der Waals surface area contributed by atoms with Gasteiger partial charge in [-0.05, 0) is 57.1 Å². The molecule has 140 valence electrons. The highest BCUT2D eigenvalue weighted by Crippen LogP contribution is 2.31. The van der Waals surface area contributed by atoms with E-state index in [9.17, 15) is 9.59 Å². The number of nitrogens with two attached hydrogens (primary N) is 1. The first-order chi connectivity index (χ1) is 13.1. The van der Waals surface area contributed by atoms with Gasteiger partial charge in [-0.15, -0.1) is 0 Å². The number of carbonyl (C=O) groups excluding carboxylic acids is 2. The fraction of sp³-hybridized carbons (Fsp3) is 0.381. The Bertz CT molecular complexity index is 898. The highest BCUT2D eigenvalue weighted by Gasteiger charge is 2.30. The van der Waals surface area contributed by atoms with E-state index in [1.54, 1.807) is 0 Å². The molecule has 0 aliphatic heterocycles. The Morgan fingerprint density at radius 1 is 1.07 bits per heavy atom. The molecule has 1 unspecified atom stereocenters. The maximum atomic E-state index is 12.6. The molecule has 0 saturated carbocycles. The van der Waals surface area contributed by atoms with Crippen molar-refractivity contribution in [3.8, 4) is 5.69 Å². The fourth-order valence-electron chi connectivity index (χ4n) is 4.05. The SMILES string of the molecule is NC1=C(C(=O)C(=O)NC2CCCc3c2cnn3-c2ccccc2)CCCC1. The van der Waals surface area contributed by atoms with E-state index < -0.39 is 11.7 Å². The van der Waals surface area contributed by atoms with Gasteiger partial charge in [0, 0.05) is 22.5 Å². The maximum absolute atomic E-state index is 12.6. The molecule has 1 aromatic heterocycles. The van der Waals surface area contributed by atoms with Gasteiger partial charge in [0.1, 0.15) is 0 Å². The van der Waals surface area contributed by atoms with Crippen molar-refractivity contribution in [2.24, 2.45) is 5.73 Å². The number of nitrogens with zero attached hydrogens (tertiary/aromatic N) is 2. The standard InChI is InChI=1S/C21H24N4O2/c22-17-10-5-4-9-15(17)20(26)21(27)24-18-11-6-12-19-16(18)13-23-25(19)14-7-2-1-3-8-14/h1-3,7-8,13,18H,4-6,9-12,22H2,(H,24,27). The minimum atomic E-state index is -0.555. The molecular formula is C21H24N4O2. The van der Waals surface area contributed by atoms with Crippen molar-refractivity contribution in [3.63, 3.8) is 0 Å². The van der Waals surface area contributed by atoms with Crippen LogP contribution in [0.1, 0.15) is 55.8 Å². The van der Waals surface area contributed by atoms with Crippen molar-refractivity contribution >= 4 is 11.7 Å². The van der Waals surface area contributed by atoms with Crippen LogP contribution < -0.4 is 11.1 Å². The van der Waals surface area contributed by atoms with Crippen LogP contribution >= 0.6 is 0 Å². The molecule has 1 aromatic carbocycles. The van der Waals surface area contributed by atoms with Gasteiger partial charge < -0.3 is 11.1 Å². The molecule has 0 bridgehead atoms. The lowest BCUT2D eigenvalue weighted by Gasteiger charge is -2.24. The Morgan fingerprint density at radius 3 is 2.63 bits per heavy atom. The van der Waals surface area contributed by atoms with Gasteiger partial charge in [0.2, 0.25) is 5.78 Å². The molecule has 2 aromatic rings. The van der Waals surface area contributed by atoms with E-state index in [1.165, 1.54) is 0 Å². The number of ketones is 1. The molecule has 0 fully saturated rings. The van der Waals surface area contributed by atoms with Crippen LogP contribution in [0.4, 0.5) is 0 Å². The highest BCUT2D eigenvalue weighted by molar-refractivity contribution is 6.42. The third kappa shape index (κ3) is 3.39. The van der Waals surface area contributed by atoms with Crippen molar-refractivity contribution in [1.82, 2.24) is 15.1 Å². The maximum Gasteiger partial charge on any atom is 0.292 e. The number of fused-ring (bicyclic) bond motifs is 1. The number of benzene rings is 1. The first kappa shape index (κ1) is 17.5. The lowest BCUT2D eigenvalue weighted by atomic mass is 9.91. The van der Waals surface area contributed by atoms with Crippen molar-refractivity contribution in [2.75, 3.05) is 0 Å². The summed E-state index contributed by atoms with van der Waals surface area (Å²) in [4.78, 5) is 25.1. The predicted molar refractivity (Wildman–Crippen MR) is 102 cm³/mol. The summed E-state index contributed by atoms with van der Waals surface area (Å²) in [6.45, 7) is 0. The molecule has 2 aliphatic rings. The van der Waals surface area contributed by atoms with E-state index in [1.807, 2.05) is 41.2 Å². The average molecular weight is 364 g/mol. The summed E-state index contributed by atoms with van der Waals surface area (Å²) >= 11 is 0. The summed E-state index contributed by atoms with van der Waals surface area (Å²) in [5, 5.41) is 7.45. The monoisotopic (exact) mass is 364 g/mol. The number of carbonyl (C=O) groups is 2. The number of amides is 1. The number of para-hydroxylation sites is 1. The Hall–Kier alpha value is -2.89. The highest BCUT2D eigenvalue weighted by atomic mass is 16.2. The van der Waals surface area contributed by atoms with Crippen molar-refractivity contribution in [3.05, 3.63) is 59.1 Å². The normalized spacial score (nSPS) is 19.5. The summed E-state index contributed by atoms with van der Waals surface area (Å²) in [5.41, 5.74) is 10.1. The quantitative estimate of drug-likeness (QED) is 0.816. The van der Waals surface area contributed by atoms with Gasteiger partial charge in [-0.3, -0.25) is 9.59 Å². The minimum absolute atomic E-state index is 0.187. The second-order valence-electron chi connectivity index (χ2n) is 7.25. The molecule has 3 N–H and O–H groups in total. The third-order valence-electron chi connectivity index (χ3n) is 5.48. The summed E-state index contributed by atoms with van der Waals surface area (Å²) < 4.78 is 1.93. The van der Waals surface area contributed by atoms with E-state index in [0.29, 0.717) is 24.1 Å². The van der Waals surface area contributed by atoms with E-state index in [-0.39, 0.29) is 6.04 Å². The molecule has 4 rings (SSSR count). The van der Waals surface area contributed by atoms with Crippen LogP contribution in [-0.2, 0) is 16.0 Å². The van der Waals surface area contributed by atoms with Crippen LogP contribution in [0.2, 0.25) is 0 Å². The van der Waals surface area contributed by atoms with Crippen LogP contribution in [-0.4, -0.2) is 21.5 Å². The van der Waals surface area contributed by atoms with Crippen molar-refractivity contribution in [2.45, 2.75) is 51.0 Å². The number of rotatable bonds is 4. The van der Waals surface area contributed by atoms with Crippen LogP contribution in [0, 0.1) is 0 Å². The van der Waals surface area contributed by atoms with E-state index in [2.05, 4.69) is 10.4 Å². The van der Waals surface area contributed by atoms with Gasteiger partial charge in [0.25, 0.3) is 5.91 Å². The Morgan fingerprint density at radius 2 is 1.85 bits per heavy atom. The van der Waals surface area contributed by atoms with Crippen LogP contribution in [0.15, 0.2) is 47.8 Å². The third-order valence-corrected chi connectivity index (χ3v) is 5.48. The first-order valence-electron chi connectivity index (χ1n) is 9.60. The molecule has 2 aliphatic carbocycles. The van der Waals surface area contributed by atoms with Gasteiger partial charge in [0.05, 0.1) is 17.9 Å². The number of hydrogen-bond donors (Lipinski definition) is 2. The fourth-order valence-corrected chi connectivity index (χ4v) is 4.05. The molecule has 27 heavy (non-hydrogen) atoms. The van der Waals surface area contributed by atoms with Gasteiger partial charge in [-0.1, -0.05) is 18.2 Å². The minimum Gasteiger partial charge on any atom is -0.402 e. The number of Topliss-reactive ketones (excluding diaryl/α,β-unsaturated/α-hetero) is 1. The summed E-state index contributed by atoms with van der Waals surface area (Å²) in [6, 6.07) is 9.76. The zero-order chi connectivity index (χ0) is 18.8. The number of allylic oxidation sites excluding steroid dienone is 1. The summed E-state index contributed by atoms with van der Waals surface area (Å²) in [5.74, 6) is -1.03. The lowest BCUT2D eigenvalue weighted by Crippen LogP contribution is -2.37. The molecule has 0 radical (unpaired) electrons. The number of hydrogen-bond acceptors (Lipinski definition) is 4. The first-order valence-corrected chi connectivity index (χ1v) is 9.60. The summed E-state index contributed by atoms with van der Waals surface area (Å²) in [7, 11) is 0. The number of aromatic nitrogens is 2. The van der Waals surface area contributed by atoms with Crippen LogP contribution in [0.3, 0.4) is 0 Å². The molecule has 1 heterocycles. The molecule has 0 saturated heterocycles. The number of nitrogens with one attached hydrogen (secondary N) is 1. The largest absolute Gasteiger partial charge is 0.402 e. The molecule has 6 heteroatoms. The summed E-state index contributed by atoms with van der Waals surface area (Å²) in [6.07, 6.45) is 7.65. The molecule has 0 spiro atoms. The van der Waals surface area contributed by atoms with Gasteiger partial charge in [-0.2, -0.15) is 5.10 Å². The average Bonchev–Trinajstić information content (AvgIpc) is 3.14. The van der Waals surface area contributed by atoms with Crippen molar-refractivity contribution in [1.29, 1.82) is 0 Å². The molecule has 1 amide bonds. The lowest BCUT2D eigenvalue weighted by molar-refractivity contribution is -0.136. The zero-order valence-electron chi connectivity index (χ0n) is 15.3. The second kappa shape index (κ2) is 7.39. The van der Waals surface area contributed by atoms with Crippen LogP contribution in [0.5, 0.6) is 0 Å². The van der Waals surface area contributed by atoms with Crippen LogP contribution in [0.25, 0.3) is 5.69 Å². The Kier molecular flexibility index (Phi) is 4.79. The topological polar surface area (TPSA) is 90.0 Å².